The van der Waals surface area contributed by atoms with Gasteiger partial charge >= 0.3 is 5.97 Å². The quantitative estimate of drug-likeness (QED) is 0.128. The van der Waals surface area contributed by atoms with Crippen LogP contribution in [0.4, 0.5) is 13.2 Å². The molecule has 0 bridgehead atoms. The molecule has 1 saturated heterocycles. The minimum Gasteiger partial charge on any atom is -0.478 e. The number of thiazole rings is 1. The molecule has 1 fully saturated rings. The molecule has 0 spiro atoms. The number of hydrogen-bond acceptors (Lipinski definition) is 9. The van der Waals surface area contributed by atoms with Gasteiger partial charge < -0.3 is 23.9 Å². The lowest BCUT2D eigenvalue weighted by atomic mass is 10.0. The lowest BCUT2D eigenvalue weighted by molar-refractivity contribution is -0.0589. The smallest absolute Gasteiger partial charge is 0.335 e. The Kier molecular flexibility index (Phi) is 9.16. The molecule has 5 heterocycles. The van der Waals surface area contributed by atoms with Crippen molar-refractivity contribution >= 4 is 28.3 Å². The Balaban J connectivity index is 1.07. The van der Waals surface area contributed by atoms with E-state index in [0.717, 1.165) is 18.6 Å². The summed E-state index contributed by atoms with van der Waals surface area (Å²) in [6.45, 7) is 0.804. The van der Waals surface area contributed by atoms with Gasteiger partial charge in [0.25, 0.3) is 5.19 Å². The Hall–Kier alpha value is -5.78. The van der Waals surface area contributed by atoms with Gasteiger partial charge in [-0.1, -0.05) is 17.4 Å². The molecule has 1 aliphatic heterocycles. The number of imidazole rings is 1. The van der Waals surface area contributed by atoms with E-state index in [1.165, 1.54) is 48.8 Å². The molecule has 14 heteroatoms. The first-order chi connectivity index (χ1) is 24.2. The number of hydrogen-bond donors (Lipinski definition) is 1. The highest BCUT2D eigenvalue weighted by Gasteiger charge is 2.24. The summed E-state index contributed by atoms with van der Waals surface area (Å²) in [7, 11) is 1.51. The molecule has 2 aromatic carbocycles. The second-order valence-electron chi connectivity index (χ2n) is 11.3. The van der Waals surface area contributed by atoms with Crippen molar-refractivity contribution in [1.82, 2.24) is 24.5 Å². The van der Waals surface area contributed by atoms with Crippen molar-refractivity contribution in [2.75, 3.05) is 13.7 Å². The molecule has 4 aromatic heterocycles. The monoisotopic (exact) mass is 697 g/mol. The molecule has 252 valence electrons. The number of nitrogens with zero attached hydrogens (tertiary/aromatic N) is 5. The van der Waals surface area contributed by atoms with Gasteiger partial charge in [-0.15, -0.1) is 0 Å². The number of carboxylic acids is 1. The first-order valence-corrected chi connectivity index (χ1v) is 16.1. The molecule has 10 nitrogen and oxygen atoms in total. The Morgan fingerprint density at radius 1 is 1.04 bits per heavy atom. The van der Waals surface area contributed by atoms with E-state index >= 15 is 8.78 Å². The Morgan fingerprint density at radius 3 is 2.64 bits per heavy atom. The van der Waals surface area contributed by atoms with Crippen molar-refractivity contribution in [1.29, 1.82) is 0 Å². The first kappa shape index (κ1) is 32.8. The van der Waals surface area contributed by atoms with Gasteiger partial charge in [-0.2, -0.15) is 4.39 Å². The van der Waals surface area contributed by atoms with Gasteiger partial charge in [0.15, 0.2) is 0 Å². The molecule has 0 amide bonds. The molecular weight excluding hydrogens is 671 g/mol. The molecule has 6 aromatic rings. The van der Waals surface area contributed by atoms with Crippen LogP contribution in [0, 0.1) is 29.4 Å². The summed E-state index contributed by atoms with van der Waals surface area (Å²) >= 11 is 1.25. The highest BCUT2D eigenvalue weighted by atomic mass is 32.1. The van der Waals surface area contributed by atoms with Crippen molar-refractivity contribution in [3.05, 3.63) is 118 Å². The van der Waals surface area contributed by atoms with Gasteiger partial charge in [-0.25, -0.2) is 33.5 Å². The van der Waals surface area contributed by atoms with E-state index in [-0.39, 0.29) is 58.7 Å². The van der Waals surface area contributed by atoms with Gasteiger partial charge in [-0.3, -0.25) is 0 Å². The third kappa shape index (κ3) is 7.00. The maximum absolute atomic E-state index is 15.6. The van der Waals surface area contributed by atoms with Crippen molar-refractivity contribution in [3.8, 4) is 34.2 Å². The SMILES string of the molecule is COc1ncc(C#Cc2ccc(COc3cccc(-c4cc(F)c(Cc5nc6ccc(C(=O)O)cc6n5C[C@@H]5CCO5)cc4F)n3)c(F)n2)s1. The molecule has 0 saturated carbocycles. The summed E-state index contributed by atoms with van der Waals surface area (Å²) in [6.07, 6.45) is 2.24. The van der Waals surface area contributed by atoms with Crippen LogP contribution < -0.4 is 9.47 Å². The van der Waals surface area contributed by atoms with E-state index in [2.05, 4.69) is 31.8 Å². The molecular formula is C36H26F3N5O5S. The molecule has 0 radical (unpaired) electrons. The van der Waals surface area contributed by atoms with Gasteiger partial charge in [0.1, 0.15) is 34.6 Å². The molecule has 50 heavy (non-hydrogen) atoms. The lowest BCUT2D eigenvalue weighted by Gasteiger charge is -2.27. The maximum atomic E-state index is 15.6. The molecule has 1 N–H and O–H groups in total. The minimum atomic E-state index is -1.08. The van der Waals surface area contributed by atoms with Crippen LogP contribution in [0.25, 0.3) is 22.3 Å². The van der Waals surface area contributed by atoms with E-state index < -0.39 is 23.6 Å². The van der Waals surface area contributed by atoms with Gasteiger partial charge in [-0.05, 0) is 72.4 Å². The van der Waals surface area contributed by atoms with Crippen LogP contribution in [0.1, 0.15) is 44.3 Å². The van der Waals surface area contributed by atoms with Gasteiger partial charge in [0.05, 0.1) is 48.2 Å². The number of aromatic nitrogens is 5. The highest BCUT2D eigenvalue weighted by Crippen LogP contribution is 2.29. The fourth-order valence-corrected chi connectivity index (χ4v) is 5.92. The molecule has 0 unspecified atom stereocenters. The number of halogens is 3. The maximum Gasteiger partial charge on any atom is 0.335 e. The third-order valence-corrected chi connectivity index (χ3v) is 8.89. The van der Waals surface area contributed by atoms with Gasteiger partial charge in [0, 0.05) is 30.2 Å². The largest absolute Gasteiger partial charge is 0.478 e. The van der Waals surface area contributed by atoms with Crippen molar-refractivity contribution in [3.63, 3.8) is 0 Å². The number of pyridine rings is 2. The average Bonchev–Trinajstić information content (AvgIpc) is 3.70. The number of benzene rings is 2. The number of carboxylic acid groups (broad SMARTS) is 1. The van der Waals surface area contributed by atoms with Crippen molar-refractivity contribution in [2.24, 2.45) is 0 Å². The Labute approximate surface area is 287 Å². The van der Waals surface area contributed by atoms with E-state index in [1.807, 2.05) is 0 Å². The average molecular weight is 698 g/mol. The van der Waals surface area contributed by atoms with Crippen LogP contribution in [0.3, 0.4) is 0 Å². The summed E-state index contributed by atoms with van der Waals surface area (Å²) < 4.78 is 64.0. The van der Waals surface area contributed by atoms with Crippen LogP contribution in [0.5, 0.6) is 11.1 Å². The normalized spacial score (nSPS) is 13.8. The predicted molar refractivity (Wildman–Crippen MR) is 177 cm³/mol. The predicted octanol–water partition coefficient (Wildman–Crippen LogP) is 6.43. The highest BCUT2D eigenvalue weighted by molar-refractivity contribution is 7.13. The van der Waals surface area contributed by atoms with Gasteiger partial charge in [0.2, 0.25) is 11.8 Å². The molecule has 0 aliphatic carbocycles. The number of carbonyl (C=O) groups is 1. The van der Waals surface area contributed by atoms with Crippen LogP contribution >= 0.6 is 11.3 Å². The number of ether oxygens (including phenoxy) is 3. The van der Waals surface area contributed by atoms with Crippen molar-refractivity contribution < 1.29 is 37.3 Å². The van der Waals surface area contributed by atoms with E-state index in [4.69, 9.17) is 14.2 Å². The van der Waals surface area contributed by atoms with Crippen molar-refractivity contribution in [2.45, 2.75) is 32.1 Å². The molecule has 7 rings (SSSR count). The van der Waals surface area contributed by atoms with Crippen LogP contribution in [0.2, 0.25) is 0 Å². The Morgan fingerprint density at radius 2 is 1.90 bits per heavy atom. The third-order valence-electron chi connectivity index (χ3n) is 8.01. The summed E-state index contributed by atoms with van der Waals surface area (Å²) in [5.41, 5.74) is 1.66. The molecule has 1 atom stereocenters. The number of methoxy groups -OCH3 is 1. The van der Waals surface area contributed by atoms with Crippen LogP contribution in [-0.4, -0.2) is 55.4 Å². The van der Waals surface area contributed by atoms with E-state index in [0.29, 0.717) is 40.1 Å². The zero-order valence-corrected chi connectivity index (χ0v) is 27.1. The fraction of sp³-hybridized carbons (Fsp3) is 0.194. The molecule has 1 aliphatic rings. The second kappa shape index (κ2) is 14.0. The lowest BCUT2D eigenvalue weighted by Crippen LogP contribution is -2.31. The number of rotatable bonds is 10. The minimum absolute atomic E-state index is 0.0482. The van der Waals surface area contributed by atoms with Crippen LogP contribution in [-0.2, 0) is 24.3 Å². The van der Waals surface area contributed by atoms with Crippen LogP contribution in [0.15, 0.2) is 66.9 Å². The summed E-state index contributed by atoms with van der Waals surface area (Å²) in [5.74, 6) is 2.92. The van der Waals surface area contributed by atoms with E-state index in [9.17, 15) is 14.3 Å². The number of fused-ring (bicyclic) bond motifs is 1. The zero-order valence-electron chi connectivity index (χ0n) is 26.3. The Bertz CT molecular complexity index is 2310. The topological polar surface area (TPSA) is 121 Å². The number of aromatic carboxylic acids is 1. The summed E-state index contributed by atoms with van der Waals surface area (Å²) in [6, 6.07) is 14.4. The van der Waals surface area contributed by atoms with E-state index in [1.54, 1.807) is 29.0 Å². The first-order valence-electron chi connectivity index (χ1n) is 15.3. The summed E-state index contributed by atoms with van der Waals surface area (Å²) in [4.78, 5) is 29.1. The standard InChI is InChI=1S/C36H26F3N5O5S/c1-47-36-40-17-25(50-36)9-8-23-7-5-21(34(39)41-23)19-49-33-4-2-3-29(43-33)26-16-27(37)22(13-28(26)38)15-32-42-30-10-6-20(35(45)46)14-31(30)44(32)18-24-11-12-48-24/h2-7,10,13-14,16-17,24H,11-12,15,18-19H2,1H3,(H,45,46)/t24-/m0/s1. The summed E-state index contributed by atoms with van der Waals surface area (Å²) in [5, 5.41) is 9.96. The fourth-order valence-electron chi connectivity index (χ4n) is 5.34. The zero-order chi connectivity index (χ0) is 34.8. The second-order valence-corrected chi connectivity index (χ2v) is 12.3.